The zero-order valence-corrected chi connectivity index (χ0v) is 17.2. The highest BCUT2D eigenvalue weighted by molar-refractivity contribution is 5.80. The summed E-state index contributed by atoms with van der Waals surface area (Å²) in [6.07, 6.45) is 2.19. The predicted molar refractivity (Wildman–Crippen MR) is 110 cm³/mol. The van der Waals surface area contributed by atoms with Crippen LogP contribution in [0.1, 0.15) is 40.5 Å². The van der Waals surface area contributed by atoms with Gasteiger partial charge in [0.15, 0.2) is 5.96 Å². The van der Waals surface area contributed by atoms with E-state index in [2.05, 4.69) is 41.3 Å². The number of halogens is 1. The first kappa shape index (κ1) is 21.5. The number of piperidine rings is 1. The predicted octanol–water partition coefficient (Wildman–Crippen LogP) is 3.27. The maximum atomic E-state index is 13.0. The number of benzene rings is 1. The monoisotopic (exact) mass is 378 g/mol. The first-order valence-electron chi connectivity index (χ1n) is 10.2. The average Bonchev–Trinajstić information content (AvgIpc) is 2.63. The van der Waals surface area contributed by atoms with Crippen LogP contribution in [0.15, 0.2) is 29.3 Å². The average molecular weight is 379 g/mol. The summed E-state index contributed by atoms with van der Waals surface area (Å²) in [4.78, 5) is 7.22. The van der Waals surface area contributed by atoms with Gasteiger partial charge in [-0.15, -0.1) is 0 Å². The van der Waals surface area contributed by atoms with Gasteiger partial charge in [0.25, 0.3) is 0 Å². The molecule has 1 unspecified atom stereocenters. The topological polar surface area (TPSA) is 48.9 Å². The number of hydrogen-bond acceptors (Lipinski definition) is 3. The summed E-state index contributed by atoms with van der Waals surface area (Å²) in [5.41, 5.74) is 0. The molecule has 0 aliphatic carbocycles. The molecule has 1 saturated heterocycles. The van der Waals surface area contributed by atoms with Crippen LogP contribution in [-0.4, -0.2) is 55.7 Å². The first-order valence-corrected chi connectivity index (χ1v) is 10.2. The lowest BCUT2D eigenvalue weighted by Crippen LogP contribution is -2.49. The number of hydrogen-bond donors (Lipinski definition) is 2. The van der Waals surface area contributed by atoms with Crippen molar-refractivity contribution in [1.29, 1.82) is 0 Å². The molecule has 1 fully saturated rings. The minimum atomic E-state index is -0.258. The Morgan fingerprint density at radius 2 is 1.89 bits per heavy atom. The third kappa shape index (κ3) is 8.16. The van der Waals surface area contributed by atoms with Gasteiger partial charge in [-0.2, -0.15) is 0 Å². The number of guanidine groups is 1. The van der Waals surface area contributed by atoms with Crippen molar-refractivity contribution < 1.29 is 9.13 Å². The van der Waals surface area contributed by atoms with E-state index >= 15 is 0 Å². The smallest absolute Gasteiger partial charge is 0.191 e. The molecule has 1 atom stereocenters. The SMILES string of the molecule is CCNC(=NCC(C)Oc1ccc(F)cc1)NC1CCN(CC(C)C)CC1. The zero-order valence-electron chi connectivity index (χ0n) is 17.2. The van der Waals surface area contributed by atoms with Crippen molar-refractivity contribution in [3.8, 4) is 5.75 Å². The van der Waals surface area contributed by atoms with Gasteiger partial charge in [-0.25, -0.2) is 9.38 Å². The highest BCUT2D eigenvalue weighted by Crippen LogP contribution is 2.14. The van der Waals surface area contributed by atoms with Crippen molar-refractivity contribution >= 4 is 5.96 Å². The van der Waals surface area contributed by atoms with Crippen LogP contribution in [0, 0.1) is 11.7 Å². The van der Waals surface area contributed by atoms with Crippen LogP contribution in [0.5, 0.6) is 5.75 Å². The number of rotatable bonds is 8. The molecule has 5 nitrogen and oxygen atoms in total. The maximum absolute atomic E-state index is 13.0. The first-order chi connectivity index (χ1) is 13.0. The number of likely N-dealkylation sites (tertiary alicyclic amines) is 1. The standard InChI is InChI=1S/C21H35FN4O/c1-5-23-21(25-19-10-12-26(13-11-19)15-16(2)3)24-14-17(4)27-20-8-6-18(22)7-9-20/h6-9,16-17,19H,5,10-15H2,1-4H3,(H2,23,24,25). The van der Waals surface area contributed by atoms with E-state index in [1.54, 1.807) is 12.1 Å². The summed E-state index contributed by atoms with van der Waals surface area (Å²) < 4.78 is 18.8. The number of nitrogens with one attached hydrogen (secondary N) is 2. The van der Waals surface area contributed by atoms with Crippen LogP contribution in [0.2, 0.25) is 0 Å². The van der Waals surface area contributed by atoms with Crippen LogP contribution >= 0.6 is 0 Å². The molecule has 0 radical (unpaired) electrons. The fourth-order valence-electron chi connectivity index (χ4n) is 3.29. The third-order valence-electron chi connectivity index (χ3n) is 4.55. The molecule has 6 heteroatoms. The number of ether oxygens (including phenoxy) is 1. The summed E-state index contributed by atoms with van der Waals surface area (Å²) in [7, 11) is 0. The second kappa shape index (κ2) is 11.1. The Morgan fingerprint density at radius 1 is 1.22 bits per heavy atom. The second-order valence-electron chi connectivity index (χ2n) is 7.72. The van der Waals surface area contributed by atoms with Crippen molar-refractivity contribution in [3.63, 3.8) is 0 Å². The quantitative estimate of drug-likeness (QED) is 0.538. The fourth-order valence-corrected chi connectivity index (χ4v) is 3.29. The Morgan fingerprint density at radius 3 is 2.48 bits per heavy atom. The molecule has 2 rings (SSSR count). The van der Waals surface area contributed by atoms with E-state index in [9.17, 15) is 4.39 Å². The van der Waals surface area contributed by atoms with E-state index in [0.717, 1.165) is 44.4 Å². The number of nitrogens with zero attached hydrogens (tertiary/aromatic N) is 2. The van der Waals surface area contributed by atoms with Crippen molar-refractivity contribution in [3.05, 3.63) is 30.1 Å². The number of aliphatic imine (C=N–C) groups is 1. The molecule has 152 valence electrons. The van der Waals surface area contributed by atoms with Crippen molar-refractivity contribution in [2.45, 2.75) is 52.7 Å². The third-order valence-corrected chi connectivity index (χ3v) is 4.55. The summed E-state index contributed by atoms with van der Waals surface area (Å²) in [5, 5.41) is 6.88. The van der Waals surface area contributed by atoms with E-state index in [-0.39, 0.29) is 11.9 Å². The van der Waals surface area contributed by atoms with Gasteiger partial charge in [0.05, 0.1) is 6.54 Å². The minimum absolute atomic E-state index is 0.0844. The summed E-state index contributed by atoms with van der Waals surface area (Å²) in [6.45, 7) is 13.4. The molecule has 1 aliphatic rings. The minimum Gasteiger partial charge on any atom is -0.489 e. The normalized spacial score (nSPS) is 17.8. The molecular weight excluding hydrogens is 343 g/mol. The van der Waals surface area contributed by atoms with Crippen LogP contribution in [0.3, 0.4) is 0 Å². The van der Waals surface area contributed by atoms with E-state index in [0.29, 0.717) is 18.3 Å². The van der Waals surface area contributed by atoms with Crippen LogP contribution in [0.25, 0.3) is 0 Å². The van der Waals surface area contributed by atoms with Crippen molar-refractivity contribution in [2.24, 2.45) is 10.9 Å². The molecule has 0 amide bonds. The lowest BCUT2D eigenvalue weighted by atomic mass is 10.0. The van der Waals surface area contributed by atoms with Gasteiger partial charge in [-0.3, -0.25) is 0 Å². The summed E-state index contributed by atoms with van der Waals surface area (Å²) in [5.74, 6) is 1.96. The zero-order chi connectivity index (χ0) is 19.6. The molecule has 0 aromatic heterocycles. The van der Waals surface area contributed by atoms with Crippen molar-refractivity contribution in [1.82, 2.24) is 15.5 Å². The Hall–Kier alpha value is -1.82. The van der Waals surface area contributed by atoms with E-state index < -0.39 is 0 Å². The maximum Gasteiger partial charge on any atom is 0.191 e. The van der Waals surface area contributed by atoms with Crippen LogP contribution in [0.4, 0.5) is 4.39 Å². The molecule has 1 aromatic carbocycles. The van der Waals surface area contributed by atoms with Gasteiger partial charge in [0, 0.05) is 32.2 Å². The molecule has 0 spiro atoms. The Kier molecular flexibility index (Phi) is 8.85. The van der Waals surface area contributed by atoms with Gasteiger partial charge < -0.3 is 20.3 Å². The van der Waals surface area contributed by atoms with Crippen LogP contribution < -0.4 is 15.4 Å². The molecule has 1 heterocycles. The Labute approximate surface area is 163 Å². The molecule has 2 N–H and O–H groups in total. The highest BCUT2D eigenvalue weighted by Gasteiger charge is 2.20. The fraction of sp³-hybridized carbons (Fsp3) is 0.667. The molecule has 27 heavy (non-hydrogen) atoms. The van der Waals surface area contributed by atoms with Gasteiger partial charge in [0.2, 0.25) is 0 Å². The van der Waals surface area contributed by atoms with Crippen molar-refractivity contribution in [2.75, 3.05) is 32.7 Å². The van der Waals surface area contributed by atoms with E-state index in [1.165, 1.54) is 18.7 Å². The lowest BCUT2D eigenvalue weighted by Gasteiger charge is -2.34. The van der Waals surface area contributed by atoms with Gasteiger partial charge in [0.1, 0.15) is 17.7 Å². The molecule has 0 saturated carbocycles. The van der Waals surface area contributed by atoms with Gasteiger partial charge in [-0.05, 0) is 56.9 Å². The Bertz CT molecular complexity index is 568. The molecule has 0 bridgehead atoms. The largest absolute Gasteiger partial charge is 0.489 e. The van der Waals surface area contributed by atoms with Gasteiger partial charge in [-0.1, -0.05) is 13.8 Å². The Balaban J connectivity index is 1.80. The molecule has 1 aliphatic heterocycles. The van der Waals surface area contributed by atoms with Gasteiger partial charge >= 0.3 is 0 Å². The molecular formula is C21H35FN4O. The van der Waals surface area contributed by atoms with Crippen LogP contribution in [-0.2, 0) is 0 Å². The van der Waals surface area contributed by atoms with E-state index in [4.69, 9.17) is 4.74 Å². The van der Waals surface area contributed by atoms with E-state index in [1.807, 2.05) is 6.92 Å². The summed E-state index contributed by atoms with van der Waals surface area (Å²) >= 11 is 0. The highest BCUT2D eigenvalue weighted by atomic mass is 19.1. The molecule has 1 aromatic rings. The second-order valence-corrected chi connectivity index (χ2v) is 7.72. The summed E-state index contributed by atoms with van der Waals surface area (Å²) in [6, 6.07) is 6.55. The lowest BCUT2D eigenvalue weighted by molar-refractivity contribution is 0.186.